The fraction of sp³-hybridized carbons (Fsp3) is 0.250. The molecule has 0 aromatic heterocycles. The van der Waals surface area contributed by atoms with Gasteiger partial charge in [-0.1, -0.05) is 66.3 Å². The van der Waals surface area contributed by atoms with Gasteiger partial charge >= 0.3 is 0 Å². The van der Waals surface area contributed by atoms with Crippen molar-refractivity contribution in [3.05, 3.63) is 88.9 Å². The lowest BCUT2D eigenvalue weighted by atomic mass is 10.0. The zero-order chi connectivity index (χ0) is 29.4. The van der Waals surface area contributed by atoms with Crippen molar-refractivity contribution in [2.75, 3.05) is 6.61 Å². The van der Waals surface area contributed by atoms with Gasteiger partial charge in [0.1, 0.15) is 12.6 Å². The molecule has 0 fully saturated rings. The molecule has 0 radical (unpaired) electrons. The molecule has 0 heterocycles. The third-order valence-corrected chi connectivity index (χ3v) is 7.65. The molecular weight excluding hydrogens is 711 g/mol. The topological polar surface area (TPSA) is 89.0 Å². The number of halogens is 5. The van der Waals surface area contributed by atoms with Crippen LogP contribution in [0.1, 0.15) is 42.3 Å². The van der Waals surface area contributed by atoms with Gasteiger partial charge in [0.25, 0.3) is 11.8 Å². The van der Waals surface area contributed by atoms with E-state index in [9.17, 15) is 9.59 Å². The molecule has 7 nitrogen and oxygen atoms in total. The molecular formula is C28H26Cl4IN3O4. The second-order valence-electron chi connectivity index (χ2n) is 8.85. The fourth-order valence-electron chi connectivity index (χ4n) is 3.49. The zero-order valence-corrected chi connectivity index (χ0v) is 26.9. The molecule has 1 unspecified atom stereocenters. The standard InChI is InChI=1S/C28H26Cl4IN3O4/c1-4-39-24-10-16(9-23(33)26(24)40-14-18-5-7-19(29)12-21(18)31)13-34-36-28(38)25(15(2)3)35-27(37)17-6-8-20(30)22(32)11-17/h5-13,15,25H,4,14H2,1-3H3,(H,35,37)(H,36,38)/b34-13+. The van der Waals surface area contributed by atoms with E-state index in [1.54, 1.807) is 24.3 Å². The summed E-state index contributed by atoms with van der Waals surface area (Å²) in [4.78, 5) is 25.6. The molecule has 0 saturated carbocycles. The van der Waals surface area contributed by atoms with E-state index in [1.165, 1.54) is 24.4 Å². The SMILES string of the molecule is CCOc1cc(/C=N/NC(=O)C(NC(=O)c2ccc(Cl)c(Cl)c2)C(C)C)cc(I)c1OCc1ccc(Cl)cc1Cl. The molecule has 3 rings (SSSR count). The van der Waals surface area contributed by atoms with E-state index in [2.05, 4.69) is 38.4 Å². The quantitative estimate of drug-likeness (QED) is 0.120. The van der Waals surface area contributed by atoms with Gasteiger partial charge in [0.15, 0.2) is 11.5 Å². The lowest BCUT2D eigenvalue weighted by molar-refractivity contribution is -0.123. The monoisotopic (exact) mass is 735 g/mol. The number of rotatable bonds is 11. The predicted molar refractivity (Wildman–Crippen MR) is 169 cm³/mol. The number of nitrogens with zero attached hydrogens (tertiary/aromatic N) is 1. The van der Waals surface area contributed by atoms with Gasteiger partial charge in [-0.25, -0.2) is 5.43 Å². The molecule has 2 amide bonds. The number of hydrogen-bond donors (Lipinski definition) is 2. The van der Waals surface area contributed by atoms with Crippen LogP contribution in [0.5, 0.6) is 11.5 Å². The Hall–Kier alpha value is -2.24. The Morgan fingerprint density at radius 3 is 2.38 bits per heavy atom. The summed E-state index contributed by atoms with van der Waals surface area (Å²) in [7, 11) is 0. The van der Waals surface area contributed by atoms with E-state index in [-0.39, 0.29) is 23.1 Å². The molecule has 0 saturated heterocycles. The van der Waals surface area contributed by atoms with Crippen LogP contribution in [0.25, 0.3) is 0 Å². The average Bonchev–Trinajstić information content (AvgIpc) is 2.89. The lowest BCUT2D eigenvalue weighted by Crippen LogP contribution is -2.48. The summed E-state index contributed by atoms with van der Waals surface area (Å²) < 4.78 is 12.6. The van der Waals surface area contributed by atoms with E-state index >= 15 is 0 Å². The molecule has 3 aromatic rings. The average molecular weight is 737 g/mol. The molecule has 1 atom stereocenters. The van der Waals surface area contributed by atoms with Gasteiger partial charge in [0.05, 0.1) is 26.4 Å². The second kappa shape index (κ2) is 15.1. The Morgan fingerprint density at radius 2 is 1.73 bits per heavy atom. The Morgan fingerprint density at radius 1 is 0.975 bits per heavy atom. The van der Waals surface area contributed by atoms with Gasteiger partial charge in [-0.3, -0.25) is 9.59 Å². The van der Waals surface area contributed by atoms with Crippen LogP contribution in [0, 0.1) is 9.49 Å². The van der Waals surface area contributed by atoms with E-state index in [4.69, 9.17) is 55.9 Å². The Kier molecular flexibility index (Phi) is 12.2. The summed E-state index contributed by atoms with van der Waals surface area (Å²) in [6.45, 7) is 6.14. The number of ether oxygens (including phenoxy) is 2. The Labute approximate surface area is 266 Å². The lowest BCUT2D eigenvalue weighted by Gasteiger charge is -2.20. The number of nitrogens with one attached hydrogen (secondary N) is 2. The fourth-order valence-corrected chi connectivity index (χ4v) is 5.03. The summed E-state index contributed by atoms with van der Waals surface area (Å²) in [5.74, 6) is -0.0688. The van der Waals surface area contributed by atoms with Crippen LogP contribution >= 0.6 is 69.0 Å². The van der Waals surface area contributed by atoms with E-state index < -0.39 is 17.9 Å². The third-order valence-electron chi connectivity index (χ3n) is 5.52. The number of carbonyl (C=O) groups is 2. The molecule has 40 heavy (non-hydrogen) atoms. The van der Waals surface area contributed by atoms with Crippen LogP contribution < -0.4 is 20.2 Å². The number of carbonyl (C=O) groups excluding carboxylic acids is 2. The smallest absolute Gasteiger partial charge is 0.262 e. The van der Waals surface area contributed by atoms with Crippen molar-refractivity contribution in [3.63, 3.8) is 0 Å². The van der Waals surface area contributed by atoms with E-state index in [1.807, 2.05) is 26.8 Å². The van der Waals surface area contributed by atoms with Crippen molar-refractivity contribution in [1.29, 1.82) is 0 Å². The van der Waals surface area contributed by atoms with Crippen LogP contribution in [0.15, 0.2) is 53.6 Å². The zero-order valence-electron chi connectivity index (χ0n) is 21.7. The summed E-state index contributed by atoms with van der Waals surface area (Å²) in [5, 5.41) is 8.44. The van der Waals surface area contributed by atoms with Crippen molar-refractivity contribution in [2.24, 2.45) is 11.0 Å². The summed E-state index contributed by atoms with van der Waals surface area (Å²) in [6, 6.07) is 12.5. The molecule has 0 spiro atoms. The largest absolute Gasteiger partial charge is 0.490 e. The number of hydrogen-bond acceptors (Lipinski definition) is 5. The minimum absolute atomic E-state index is 0.210. The highest BCUT2D eigenvalue weighted by atomic mass is 127. The molecule has 0 aliphatic heterocycles. The van der Waals surface area contributed by atoms with Gasteiger partial charge in [-0.05, 0) is 83.5 Å². The van der Waals surface area contributed by atoms with Gasteiger partial charge in [0, 0.05) is 21.2 Å². The van der Waals surface area contributed by atoms with Gasteiger partial charge in [-0.15, -0.1) is 0 Å². The number of amides is 2. The van der Waals surface area contributed by atoms with Crippen molar-refractivity contribution in [3.8, 4) is 11.5 Å². The first-order valence-electron chi connectivity index (χ1n) is 12.1. The molecule has 0 aliphatic carbocycles. The van der Waals surface area contributed by atoms with E-state index in [0.717, 1.165) is 9.13 Å². The van der Waals surface area contributed by atoms with Crippen LogP contribution in [0.4, 0.5) is 0 Å². The highest BCUT2D eigenvalue weighted by Gasteiger charge is 2.25. The Balaban J connectivity index is 1.70. The van der Waals surface area contributed by atoms with Crippen LogP contribution in [0.3, 0.4) is 0 Å². The highest BCUT2D eigenvalue weighted by molar-refractivity contribution is 14.1. The van der Waals surface area contributed by atoms with Gasteiger partial charge < -0.3 is 14.8 Å². The molecule has 2 N–H and O–H groups in total. The normalized spacial score (nSPS) is 11.9. The molecule has 0 bridgehead atoms. The van der Waals surface area contributed by atoms with Crippen LogP contribution in [-0.4, -0.2) is 30.7 Å². The molecule has 0 aliphatic rings. The van der Waals surface area contributed by atoms with E-state index in [0.29, 0.717) is 38.7 Å². The molecule has 212 valence electrons. The first-order chi connectivity index (χ1) is 19.0. The third kappa shape index (κ3) is 8.88. The van der Waals surface area contributed by atoms with Crippen molar-refractivity contribution < 1.29 is 19.1 Å². The summed E-state index contributed by atoms with van der Waals surface area (Å²) >= 11 is 26.3. The highest BCUT2D eigenvalue weighted by Crippen LogP contribution is 2.35. The summed E-state index contributed by atoms with van der Waals surface area (Å²) in [6.07, 6.45) is 1.49. The second-order valence-corrected chi connectivity index (χ2v) is 11.7. The molecule has 3 aromatic carbocycles. The maximum atomic E-state index is 12.9. The maximum absolute atomic E-state index is 12.9. The Bertz CT molecular complexity index is 1420. The van der Waals surface area contributed by atoms with Crippen LogP contribution in [-0.2, 0) is 11.4 Å². The maximum Gasteiger partial charge on any atom is 0.262 e. The number of hydrazone groups is 1. The molecule has 12 heteroatoms. The first-order valence-corrected chi connectivity index (χ1v) is 14.7. The van der Waals surface area contributed by atoms with Crippen molar-refractivity contribution >= 4 is 87.0 Å². The minimum Gasteiger partial charge on any atom is -0.490 e. The van der Waals surface area contributed by atoms with Crippen molar-refractivity contribution in [2.45, 2.75) is 33.4 Å². The van der Waals surface area contributed by atoms with Crippen molar-refractivity contribution in [1.82, 2.24) is 10.7 Å². The first kappa shape index (κ1) is 32.3. The van der Waals surface area contributed by atoms with Crippen LogP contribution in [0.2, 0.25) is 20.1 Å². The minimum atomic E-state index is -0.839. The summed E-state index contributed by atoms with van der Waals surface area (Å²) in [5.41, 5.74) is 4.24. The number of benzene rings is 3. The van der Waals surface area contributed by atoms with Gasteiger partial charge in [0.2, 0.25) is 0 Å². The van der Waals surface area contributed by atoms with Gasteiger partial charge in [-0.2, -0.15) is 5.10 Å². The predicted octanol–water partition coefficient (Wildman–Crippen LogP) is 7.79.